The highest BCUT2D eigenvalue weighted by atomic mass is 16.3. The van der Waals surface area contributed by atoms with Gasteiger partial charge in [0, 0.05) is 0 Å². The van der Waals surface area contributed by atoms with Crippen LogP contribution >= 0.6 is 0 Å². The number of nitrogens with zero attached hydrogens (tertiary/aromatic N) is 2. The number of rotatable bonds is 5. The number of aryl methyl sites for hydroxylation is 3. The Bertz CT molecular complexity index is 466. The minimum Gasteiger partial charge on any atom is -0.508 e. The molecule has 1 aromatic heterocycles. The van der Waals surface area contributed by atoms with Crippen molar-refractivity contribution in [3.63, 3.8) is 0 Å². The summed E-state index contributed by atoms with van der Waals surface area (Å²) in [7, 11) is 0. The molecule has 0 aliphatic heterocycles. The standard InChI is InChI=1S/C13H17N3O/c1-10-8-13(17)7-6-11(10)4-2-3-5-12-9-14-16-15-12/h6-9,17H,2-5H2,1H3,(H,14,15,16). The fourth-order valence-electron chi connectivity index (χ4n) is 1.93. The van der Waals surface area contributed by atoms with Gasteiger partial charge in [-0.1, -0.05) is 11.3 Å². The summed E-state index contributed by atoms with van der Waals surface area (Å²) < 4.78 is 0. The van der Waals surface area contributed by atoms with E-state index < -0.39 is 0 Å². The highest BCUT2D eigenvalue weighted by Crippen LogP contribution is 2.17. The van der Waals surface area contributed by atoms with Gasteiger partial charge in [-0.2, -0.15) is 0 Å². The van der Waals surface area contributed by atoms with Gasteiger partial charge in [0.2, 0.25) is 0 Å². The lowest BCUT2D eigenvalue weighted by Gasteiger charge is -2.05. The molecule has 2 N–H and O–H groups in total. The largest absolute Gasteiger partial charge is 0.508 e. The van der Waals surface area contributed by atoms with Gasteiger partial charge in [0.05, 0.1) is 11.9 Å². The van der Waals surface area contributed by atoms with Crippen LogP contribution in [0.1, 0.15) is 29.7 Å². The second kappa shape index (κ2) is 5.48. The molecule has 0 atom stereocenters. The fourth-order valence-corrected chi connectivity index (χ4v) is 1.93. The molecule has 0 spiro atoms. The summed E-state index contributed by atoms with van der Waals surface area (Å²) in [5.41, 5.74) is 3.56. The molecule has 0 bridgehead atoms. The Morgan fingerprint density at radius 1 is 1.24 bits per heavy atom. The Morgan fingerprint density at radius 2 is 2.06 bits per heavy atom. The maximum Gasteiger partial charge on any atom is 0.115 e. The van der Waals surface area contributed by atoms with Gasteiger partial charge in [-0.05, 0) is 55.9 Å². The van der Waals surface area contributed by atoms with E-state index in [-0.39, 0.29) is 0 Å². The molecule has 0 aliphatic carbocycles. The molecule has 0 saturated heterocycles. The summed E-state index contributed by atoms with van der Waals surface area (Å²) in [5.74, 6) is 0.342. The van der Waals surface area contributed by atoms with Gasteiger partial charge in [0.1, 0.15) is 5.75 Å². The lowest BCUT2D eigenvalue weighted by atomic mass is 10.0. The van der Waals surface area contributed by atoms with E-state index in [2.05, 4.69) is 15.4 Å². The van der Waals surface area contributed by atoms with Crippen LogP contribution in [0.15, 0.2) is 24.4 Å². The first-order chi connectivity index (χ1) is 8.25. The maximum absolute atomic E-state index is 9.32. The predicted molar refractivity (Wildman–Crippen MR) is 65.9 cm³/mol. The van der Waals surface area contributed by atoms with Crippen molar-refractivity contribution >= 4 is 0 Å². The van der Waals surface area contributed by atoms with Gasteiger partial charge in [-0.15, -0.1) is 5.10 Å². The second-order valence-corrected chi connectivity index (χ2v) is 4.30. The SMILES string of the molecule is Cc1cc(O)ccc1CCCCc1cnn[nH]1. The van der Waals surface area contributed by atoms with Crippen LogP contribution in [0.3, 0.4) is 0 Å². The zero-order chi connectivity index (χ0) is 12.1. The zero-order valence-corrected chi connectivity index (χ0v) is 9.98. The van der Waals surface area contributed by atoms with Crippen molar-refractivity contribution in [2.24, 2.45) is 0 Å². The van der Waals surface area contributed by atoms with Crippen LogP contribution in [0.5, 0.6) is 5.75 Å². The van der Waals surface area contributed by atoms with E-state index >= 15 is 0 Å². The minimum absolute atomic E-state index is 0.342. The fraction of sp³-hybridized carbons (Fsp3) is 0.385. The number of hydrogen-bond donors (Lipinski definition) is 2. The van der Waals surface area contributed by atoms with E-state index in [1.807, 2.05) is 19.1 Å². The highest BCUT2D eigenvalue weighted by Gasteiger charge is 2.00. The third kappa shape index (κ3) is 3.31. The van der Waals surface area contributed by atoms with E-state index in [0.29, 0.717) is 5.75 Å². The summed E-state index contributed by atoms with van der Waals surface area (Å²) in [5, 5.41) is 19.6. The lowest BCUT2D eigenvalue weighted by molar-refractivity contribution is 0.474. The molecule has 2 aromatic rings. The third-order valence-corrected chi connectivity index (χ3v) is 2.93. The summed E-state index contributed by atoms with van der Waals surface area (Å²) in [6.07, 6.45) is 6.05. The van der Waals surface area contributed by atoms with Crippen molar-refractivity contribution in [1.82, 2.24) is 15.4 Å². The molecule has 90 valence electrons. The average molecular weight is 231 g/mol. The first-order valence-corrected chi connectivity index (χ1v) is 5.89. The molecule has 0 amide bonds. The number of aromatic amines is 1. The van der Waals surface area contributed by atoms with E-state index in [4.69, 9.17) is 0 Å². The van der Waals surface area contributed by atoms with Crippen LogP contribution < -0.4 is 0 Å². The Kier molecular flexibility index (Phi) is 3.75. The van der Waals surface area contributed by atoms with Crippen LogP contribution in [0.4, 0.5) is 0 Å². The van der Waals surface area contributed by atoms with Gasteiger partial charge in [0.25, 0.3) is 0 Å². The van der Waals surface area contributed by atoms with Crippen molar-refractivity contribution in [2.75, 3.05) is 0 Å². The first kappa shape index (κ1) is 11.6. The van der Waals surface area contributed by atoms with Crippen LogP contribution in [0.2, 0.25) is 0 Å². The predicted octanol–water partition coefficient (Wildman–Crippen LogP) is 2.38. The van der Waals surface area contributed by atoms with Gasteiger partial charge < -0.3 is 5.11 Å². The molecule has 0 fully saturated rings. The van der Waals surface area contributed by atoms with E-state index in [1.165, 1.54) is 5.56 Å². The molecule has 17 heavy (non-hydrogen) atoms. The number of aromatic hydroxyl groups is 1. The molecule has 4 nitrogen and oxygen atoms in total. The van der Waals surface area contributed by atoms with Crippen molar-refractivity contribution in [1.29, 1.82) is 0 Å². The van der Waals surface area contributed by atoms with Gasteiger partial charge >= 0.3 is 0 Å². The first-order valence-electron chi connectivity index (χ1n) is 5.89. The Balaban J connectivity index is 1.78. The van der Waals surface area contributed by atoms with Crippen LogP contribution in [-0.4, -0.2) is 20.5 Å². The molecular formula is C13H17N3O. The van der Waals surface area contributed by atoms with Crippen LogP contribution in [-0.2, 0) is 12.8 Å². The van der Waals surface area contributed by atoms with E-state index in [0.717, 1.165) is 36.9 Å². The third-order valence-electron chi connectivity index (χ3n) is 2.93. The Labute approximate surface area is 101 Å². The number of phenolic OH excluding ortho intramolecular Hbond substituents is 1. The van der Waals surface area contributed by atoms with E-state index in [9.17, 15) is 5.11 Å². The lowest BCUT2D eigenvalue weighted by Crippen LogP contribution is -1.92. The quantitative estimate of drug-likeness (QED) is 0.777. The molecule has 0 unspecified atom stereocenters. The number of unbranched alkanes of at least 4 members (excludes halogenated alkanes) is 1. The molecule has 1 aromatic carbocycles. The summed E-state index contributed by atoms with van der Waals surface area (Å²) in [4.78, 5) is 0. The smallest absolute Gasteiger partial charge is 0.115 e. The summed E-state index contributed by atoms with van der Waals surface area (Å²) in [6, 6.07) is 5.57. The number of benzene rings is 1. The molecule has 0 radical (unpaired) electrons. The van der Waals surface area contributed by atoms with Crippen molar-refractivity contribution in [3.8, 4) is 5.75 Å². The topological polar surface area (TPSA) is 61.8 Å². The van der Waals surface area contributed by atoms with Crippen molar-refractivity contribution in [3.05, 3.63) is 41.2 Å². The highest BCUT2D eigenvalue weighted by molar-refractivity contribution is 5.33. The number of aromatic nitrogens is 3. The molecule has 2 rings (SSSR count). The number of phenols is 1. The average Bonchev–Trinajstić information content (AvgIpc) is 2.79. The zero-order valence-electron chi connectivity index (χ0n) is 9.98. The summed E-state index contributed by atoms with van der Waals surface area (Å²) >= 11 is 0. The minimum atomic E-state index is 0.342. The molecule has 4 heteroatoms. The molecule has 1 heterocycles. The molecular weight excluding hydrogens is 214 g/mol. The van der Waals surface area contributed by atoms with Gasteiger partial charge in [-0.25, -0.2) is 0 Å². The normalized spacial score (nSPS) is 10.6. The van der Waals surface area contributed by atoms with Crippen LogP contribution in [0, 0.1) is 6.92 Å². The monoisotopic (exact) mass is 231 g/mol. The van der Waals surface area contributed by atoms with Crippen molar-refractivity contribution in [2.45, 2.75) is 32.6 Å². The van der Waals surface area contributed by atoms with Crippen molar-refractivity contribution < 1.29 is 5.11 Å². The second-order valence-electron chi connectivity index (χ2n) is 4.30. The van der Waals surface area contributed by atoms with Gasteiger partial charge in [0.15, 0.2) is 0 Å². The number of H-pyrrole nitrogens is 1. The number of nitrogens with one attached hydrogen (secondary N) is 1. The van der Waals surface area contributed by atoms with Gasteiger partial charge in [-0.3, -0.25) is 5.10 Å². The summed E-state index contributed by atoms with van der Waals surface area (Å²) in [6.45, 7) is 2.04. The number of hydrogen-bond acceptors (Lipinski definition) is 3. The maximum atomic E-state index is 9.32. The Morgan fingerprint density at radius 3 is 2.76 bits per heavy atom. The Hall–Kier alpha value is -1.84. The van der Waals surface area contributed by atoms with E-state index in [1.54, 1.807) is 12.3 Å². The van der Waals surface area contributed by atoms with Crippen LogP contribution in [0.25, 0.3) is 0 Å². The molecule has 0 saturated carbocycles. The molecule has 0 aliphatic rings.